The van der Waals surface area contributed by atoms with Crippen molar-refractivity contribution < 1.29 is 24.2 Å². The van der Waals surface area contributed by atoms with E-state index in [1.165, 1.54) is 0 Å². The zero-order chi connectivity index (χ0) is 10.4. The summed E-state index contributed by atoms with van der Waals surface area (Å²) in [6.45, 7) is 5.11. The molecular weight excluding hydrogens is 176 g/mol. The maximum atomic E-state index is 10.8. The average Bonchev–Trinajstić information content (AvgIpc) is 2.11. The average molecular weight is 188 g/mol. The van der Waals surface area contributed by atoms with E-state index < -0.39 is 18.0 Å². The molecule has 0 radical (unpaired) electrons. The molecule has 5 nitrogen and oxygen atoms in total. The highest BCUT2D eigenvalue weighted by Crippen LogP contribution is 1.95. The Hall–Kier alpha value is -1.36. The second-order valence-electron chi connectivity index (χ2n) is 2.49. The summed E-state index contributed by atoms with van der Waals surface area (Å²) < 4.78 is 8.63. The minimum Gasteiger partial charge on any atom is -0.467 e. The highest BCUT2D eigenvalue weighted by Gasteiger charge is 2.25. The quantitative estimate of drug-likeness (QED) is 0.370. The number of aliphatic hydroxyl groups excluding tert-OH is 1. The Balaban J connectivity index is 3.96. The summed E-state index contributed by atoms with van der Waals surface area (Å²) >= 11 is 0. The molecule has 0 spiro atoms. The third-order valence-electron chi connectivity index (χ3n) is 1.11. The Morgan fingerprint density at radius 1 is 1.46 bits per heavy atom. The van der Waals surface area contributed by atoms with Gasteiger partial charge in [0.15, 0.2) is 0 Å². The van der Waals surface area contributed by atoms with Crippen LogP contribution in [0.15, 0.2) is 12.2 Å². The van der Waals surface area contributed by atoms with E-state index in [0.717, 1.165) is 7.11 Å². The number of methoxy groups -OCH3 is 1. The fourth-order valence-electron chi connectivity index (χ4n) is 0.481. The van der Waals surface area contributed by atoms with Crippen LogP contribution in [-0.4, -0.2) is 36.9 Å². The van der Waals surface area contributed by atoms with Crippen LogP contribution in [0, 0.1) is 0 Å². The Morgan fingerprint density at radius 2 is 2.00 bits per heavy atom. The lowest BCUT2D eigenvalue weighted by molar-refractivity contribution is -0.166. The van der Waals surface area contributed by atoms with Gasteiger partial charge in [-0.2, -0.15) is 0 Å². The van der Waals surface area contributed by atoms with E-state index in [-0.39, 0.29) is 6.61 Å². The molecule has 0 heterocycles. The summed E-state index contributed by atoms with van der Waals surface area (Å²) in [4.78, 5) is 21.4. The smallest absolute Gasteiger partial charge is 0.347 e. The fraction of sp³-hybridized carbons (Fsp3) is 0.500. The minimum atomic E-state index is -1.87. The van der Waals surface area contributed by atoms with Crippen molar-refractivity contribution in [2.45, 2.75) is 13.0 Å². The maximum Gasteiger partial charge on any atom is 0.347 e. The number of aliphatic hydroxyl groups is 1. The molecular formula is C8H12O5. The van der Waals surface area contributed by atoms with Gasteiger partial charge in [0, 0.05) is 0 Å². The van der Waals surface area contributed by atoms with Crippen molar-refractivity contribution in [2.75, 3.05) is 13.7 Å². The topological polar surface area (TPSA) is 72.8 Å². The van der Waals surface area contributed by atoms with Crippen LogP contribution in [0.4, 0.5) is 0 Å². The minimum absolute atomic E-state index is 0.0209. The van der Waals surface area contributed by atoms with E-state index in [1.807, 2.05) is 0 Å². The van der Waals surface area contributed by atoms with Gasteiger partial charge >= 0.3 is 11.9 Å². The molecule has 0 aromatic carbocycles. The van der Waals surface area contributed by atoms with Crippen molar-refractivity contribution in [1.82, 2.24) is 0 Å². The zero-order valence-electron chi connectivity index (χ0n) is 7.57. The third-order valence-corrected chi connectivity index (χ3v) is 1.11. The molecule has 0 saturated carbocycles. The van der Waals surface area contributed by atoms with Gasteiger partial charge in [-0.05, 0) is 12.5 Å². The first-order valence-corrected chi connectivity index (χ1v) is 3.56. The summed E-state index contributed by atoms with van der Waals surface area (Å²) in [5.74, 6) is -2.07. The lowest BCUT2D eigenvalue weighted by atomic mass is 10.3. The number of carbonyl (C=O) groups is 2. The molecule has 1 atom stereocenters. The standard InChI is InChI=1S/C8H12O5/c1-5(2)4-13-8(11)6(9)7(10)12-3/h6,9H,1,4H2,2-3H3. The van der Waals surface area contributed by atoms with Gasteiger partial charge in [0.25, 0.3) is 0 Å². The Labute approximate surface area is 75.9 Å². The number of hydrogen-bond acceptors (Lipinski definition) is 5. The van der Waals surface area contributed by atoms with Gasteiger partial charge in [0.1, 0.15) is 6.61 Å². The normalized spacial score (nSPS) is 11.6. The summed E-state index contributed by atoms with van der Waals surface area (Å²) in [5.41, 5.74) is 0.616. The van der Waals surface area contributed by atoms with Gasteiger partial charge < -0.3 is 14.6 Å². The number of rotatable bonds is 4. The molecule has 0 aromatic rings. The van der Waals surface area contributed by atoms with Crippen molar-refractivity contribution in [2.24, 2.45) is 0 Å². The van der Waals surface area contributed by atoms with Crippen molar-refractivity contribution in [1.29, 1.82) is 0 Å². The molecule has 1 unspecified atom stereocenters. The summed E-state index contributed by atoms with van der Waals surface area (Å²) in [6.07, 6.45) is -1.87. The van der Waals surface area contributed by atoms with E-state index in [1.54, 1.807) is 6.92 Å². The second-order valence-corrected chi connectivity index (χ2v) is 2.49. The molecule has 1 N–H and O–H groups in total. The highest BCUT2D eigenvalue weighted by molar-refractivity contribution is 5.97. The van der Waals surface area contributed by atoms with Crippen LogP contribution in [0.2, 0.25) is 0 Å². The summed E-state index contributed by atoms with van der Waals surface area (Å²) in [5, 5.41) is 8.92. The Bertz CT molecular complexity index is 221. The number of ether oxygens (including phenoxy) is 2. The number of carbonyl (C=O) groups excluding carboxylic acids is 2. The van der Waals surface area contributed by atoms with E-state index in [4.69, 9.17) is 5.11 Å². The second kappa shape index (κ2) is 5.31. The van der Waals surface area contributed by atoms with E-state index >= 15 is 0 Å². The largest absolute Gasteiger partial charge is 0.467 e. The lowest BCUT2D eigenvalue weighted by Crippen LogP contribution is -2.32. The predicted molar refractivity (Wildman–Crippen MR) is 43.8 cm³/mol. The number of hydrogen-bond donors (Lipinski definition) is 1. The van der Waals surface area contributed by atoms with Gasteiger partial charge in [0.05, 0.1) is 7.11 Å². The molecule has 5 heteroatoms. The van der Waals surface area contributed by atoms with Crippen LogP contribution in [-0.2, 0) is 19.1 Å². The number of esters is 2. The predicted octanol–water partition coefficient (Wildman–Crippen LogP) is -0.360. The van der Waals surface area contributed by atoms with E-state index in [9.17, 15) is 9.59 Å². The van der Waals surface area contributed by atoms with E-state index in [2.05, 4.69) is 16.1 Å². The molecule has 0 aliphatic heterocycles. The third kappa shape index (κ3) is 4.27. The molecule has 0 aromatic heterocycles. The summed E-state index contributed by atoms with van der Waals surface area (Å²) in [7, 11) is 1.07. The first-order valence-electron chi connectivity index (χ1n) is 3.56. The molecule has 0 amide bonds. The van der Waals surface area contributed by atoms with Crippen molar-refractivity contribution >= 4 is 11.9 Å². The molecule has 0 bridgehead atoms. The molecule has 0 rings (SSSR count). The molecule has 0 aliphatic carbocycles. The van der Waals surface area contributed by atoms with Gasteiger partial charge in [-0.25, -0.2) is 9.59 Å². The molecule has 0 saturated heterocycles. The van der Waals surface area contributed by atoms with Crippen LogP contribution in [0.1, 0.15) is 6.92 Å². The van der Waals surface area contributed by atoms with Crippen molar-refractivity contribution in [3.05, 3.63) is 12.2 Å². The fourth-order valence-corrected chi connectivity index (χ4v) is 0.481. The highest BCUT2D eigenvalue weighted by atomic mass is 16.6. The van der Waals surface area contributed by atoms with Crippen LogP contribution in [0.25, 0.3) is 0 Å². The lowest BCUT2D eigenvalue weighted by Gasteiger charge is -2.07. The van der Waals surface area contributed by atoms with Crippen LogP contribution >= 0.6 is 0 Å². The monoisotopic (exact) mass is 188 g/mol. The summed E-state index contributed by atoms with van der Waals surface area (Å²) in [6, 6.07) is 0. The van der Waals surface area contributed by atoms with E-state index in [0.29, 0.717) is 5.57 Å². The van der Waals surface area contributed by atoms with Crippen LogP contribution in [0.5, 0.6) is 0 Å². The first-order chi connectivity index (χ1) is 5.99. The zero-order valence-corrected chi connectivity index (χ0v) is 7.57. The van der Waals surface area contributed by atoms with Crippen LogP contribution in [0.3, 0.4) is 0 Å². The Morgan fingerprint density at radius 3 is 2.38 bits per heavy atom. The van der Waals surface area contributed by atoms with Crippen molar-refractivity contribution in [3.8, 4) is 0 Å². The SMILES string of the molecule is C=C(C)COC(=O)C(O)C(=O)OC. The van der Waals surface area contributed by atoms with Gasteiger partial charge in [-0.15, -0.1) is 0 Å². The maximum absolute atomic E-state index is 10.8. The molecule has 0 fully saturated rings. The molecule has 74 valence electrons. The van der Waals surface area contributed by atoms with Crippen LogP contribution < -0.4 is 0 Å². The Kier molecular flexibility index (Phi) is 4.76. The van der Waals surface area contributed by atoms with Gasteiger partial charge in [0.2, 0.25) is 6.10 Å². The van der Waals surface area contributed by atoms with Crippen molar-refractivity contribution in [3.63, 3.8) is 0 Å². The first kappa shape index (κ1) is 11.6. The van der Waals surface area contributed by atoms with Gasteiger partial charge in [-0.1, -0.05) is 6.58 Å². The molecule has 0 aliphatic rings. The van der Waals surface area contributed by atoms with Gasteiger partial charge in [-0.3, -0.25) is 0 Å². The molecule has 13 heavy (non-hydrogen) atoms.